The molecule has 14 nitrogen and oxygen atoms in total. The first-order valence-electron chi connectivity index (χ1n) is 17.0. The number of pyridine rings is 1. The molecule has 0 radical (unpaired) electrons. The van der Waals surface area contributed by atoms with Crippen LogP contribution in [0.1, 0.15) is 41.6 Å². The molecule has 18 heteroatoms. The Morgan fingerprint density at radius 1 is 1.05 bits per heavy atom. The molecule has 2 atom stereocenters. The van der Waals surface area contributed by atoms with Crippen molar-refractivity contribution in [3.8, 4) is 17.6 Å². The summed E-state index contributed by atoms with van der Waals surface area (Å²) in [5.74, 6) is 1.19. The van der Waals surface area contributed by atoms with Crippen molar-refractivity contribution in [1.82, 2.24) is 30.2 Å². The number of H-pyrrole nitrogens is 1. The van der Waals surface area contributed by atoms with E-state index in [1.54, 1.807) is 29.3 Å². The van der Waals surface area contributed by atoms with Crippen LogP contribution in [0.3, 0.4) is 0 Å². The second-order valence-corrected chi connectivity index (χ2v) is 13.2. The van der Waals surface area contributed by atoms with E-state index in [0.29, 0.717) is 47.6 Å². The Kier molecular flexibility index (Phi) is 11.4. The van der Waals surface area contributed by atoms with Crippen LogP contribution in [0.25, 0.3) is 11.0 Å². The van der Waals surface area contributed by atoms with Crippen LogP contribution in [-0.4, -0.2) is 68.9 Å². The number of benzene rings is 2. The Labute approximate surface area is 317 Å². The summed E-state index contributed by atoms with van der Waals surface area (Å²) in [4.78, 5) is 58.5. The third-order valence-corrected chi connectivity index (χ3v) is 9.35. The van der Waals surface area contributed by atoms with Gasteiger partial charge < -0.3 is 35.5 Å². The maximum absolute atomic E-state index is 13.2. The average Bonchev–Trinajstić information content (AvgIpc) is 3.64. The Balaban J connectivity index is 1.06. The summed E-state index contributed by atoms with van der Waals surface area (Å²) in [5.41, 5.74) is -0.181. The molecule has 1 aliphatic heterocycles. The number of fused-ring (bicyclic) bond motifs is 1. The summed E-state index contributed by atoms with van der Waals surface area (Å²) < 4.78 is 45.4. The number of piperidine rings is 1. The van der Waals surface area contributed by atoms with E-state index in [0.717, 1.165) is 23.9 Å². The number of ether oxygens (including phenoxy) is 1. The molecular weight excluding hydrogens is 741 g/mol. The fraction of sp³-hybridized carbons (Fsp3) is 0.270. The second kappa shape index (κ2) is 16.3. The van der Waals surface area contributed by atoms with Gasteiger partial charge in [0.05, 0.1) is 34.6 Å². The van der Waals surface area contributed by atoms with Gasteiger partial charge in [-0.1, -0.05) is 18.5 Å². The maximum Gasteiger partial charge on any atom is 0.417 e. The molecule has 5 aromatic rings. The van der Waals surface area contributed by atoms with Crippen molar-refractivity contribution in [2.75, 3.05) is 35.7 Å². The number of hydrogen-bond donors (Lipinski definition) is 4. The second-order valence-electron chi connectivity index (χ2n) is 12.8. The molecule has 1 aliphatic rings. The first kappa shape index (κ1) is 38.3. The number of urea groups is 1. The van der Waals surface area contributed by atoms with Gasteiger partial charge in [0.2, 0.25) is 5.91 Å². The first-order valence-corrected chi connectivity index (χ1v) is 17.4. The fourth-order valence-electron chi connectivity index (χ4n) is 6.14. The van der Waals surface area contributed by atoms with Gasteiger partial charge in [-0.05, 0) is 66.9 Å². The summed E-state index contributed by atoms with van der Waals surface area (Å²) in [5, 5.41) is 17.0. The van der Waals surface area contributed by atoms with E-state index < -0.39 is 28.7 Å². The molecule has 2 aromatic carbocycles. The molecule has 0 saturated carbocycles. The minimum absolute atomic E-state index is 0.0159. The summed E-state index contributed by atoms with van der Waals surface area (Å²) in [6.07, 6.45) is -0.907. The SMILES string of the molecule is CC1CCN(C(=O)CC#N)CC1N(C)c1nc(CNC(=O)c2cc(Oc3ccc(NC(=O)Nc4ccc(Cl)c(C(F)(F)F)c4)cc3)ccn2)nc2[nH]ccc12. The third-order valence-electron chi connectivity index (χ3n) is 9.02. The molecule has 55 heavy (non-hydrogen) atoms. The number of amides is 4. The van der Waals surface area contributed by atoms with Crippen molar-refractivity contribution >= 4 is 57.7 Å². The van der Waals surface area contributed by atoms with E-state index in [1.807, 2.05) is 24.1 Å². The van der Waals surface area contributed by atoms with E-state index in [2.05, 4.69) is 37.8 Å². The van der Waals surface area contributed by atoms with Crippen LogP contribution in [0.5, 0.6) is 11.5 Å². The highest BCUT2D eigenvalue weighted by molar-refractivity contribution is 6.31. The zero-order valence-corrected chi connectivity index (χ0v) is 30.2. The standard InChI is InChI=1S/C37H34ClF3N10O4/c1-21-12-16-51(32(52)9-13-42)20-30(21)50(2)34-26-11-15-44-33(26)48-31(49-34)19-45-35(53)29-18-25(10-14-43-29)55-24-6-3-22(4-7-24)46-36(54)47-23-5-8-28(38)27(17-23)37(39,40)41/h3-8,10-11,14-15,17-18,21,30H,9,12,16,19-20H2,1-2H3,(H,45,53)(H,44,48,49)(H2,46,47,54). The molecular formula is C37H34ClF3N10O4. The van der Waals surface area contributed by atoms with Gasteiger partial charge in [0.25, 0.3) is 5.91 Å². The summed E-state index contributed by atoms with van der Waals surface area (Å²) in [7, 11) is 1.91. The highest BCUT2D eigenvalue weighted by Crippen LogP contribution is 2.36. The van der Waals surface area contributed by atoms with Crippen LogP contribution < -0.4 is 25.6 Å². The van der Waals surface area contributed by atoms with Crippen molar-refractivity contribution in [3.05, 3.63) is 95.2 Å². The van der Waals surface area contributed by atoms with Crippen LogP contribution in [-0.2, 0) is 17.5 Å². The highest BCUT2D eigenvalue weighted by Gasteiger charge is 2.34. The smallest absolute Gasteiger partial charge is 0.417 e. The number of nitrogens with one attached hydrogen (secondary N) is 4. The molecule has 4 N–H and O–H groups in total. The van der Waals surface area contributed by atoms with Crippen LogP contribution >= 0.6 is 11.6 Å². The van der Waals surface area contributed by atoms with Crippen LogP contribution in [0.15, 0.2) is 73.1 Å². The van der Waals surface area contributed by atoms with E-state index in [9.17, 15) is 27.6 Å². The number of alkyl halides is 3. The third kappa shape index (κ3) is 9.22. The number of carbonyl (C=O) groups excluding carboxylic acids is 3. The van der Waals surface area contributed by atoms with Gasteiger partial charge >= 0.3 is 12.2 Å². The topological polar surface area (TPSA) is 181 Å². The van der Waals surface area contributed by atoms with Crippen molar-refractivity contribution in [1.29, 1.82) is 5.26 Å². The number of aromatic amines is 1. The monoisotopic (exact) mass is 774 g/mol. The number of nitriles is 1. The van der Waals surface area contributed by atoms with Crippen LogP contribution in [0.2, 0.25) is 5.02 Å². The zero-order chi connectivity index (χ0) is 39.3. The van der Waals surface area contributed by atoms with Gasteiger partial charge in [-0.15, -0.1) is 0 Å². The maximum atomic E-state index is 13.2. The summed E-state index contributed by atoms with van der Waals surface area (Å²) in [6.45, 7) is 3.14. The number of hydrogen-bond acceptors (Lipinski definition) is 9. The molecule has 284 valence electrons. The number of rotatable bonds is 10. The van der Waals surface area contributed by atoms with Gasteiger partial charge in [-0.2, -0.15) is 18.4 Å². The number of carbonyl (C=O) groups is 3. The molecule has 3 aromatic heterocycles. The van der Waals surface area contributed by atoms with Crippen molar-refractivity contribution in [3.63, 3.8) is 0 Å². The lowest BCUT2D eigenvalue weighted by atomic mass is 9.92. The molecule has 1 saturated heterocycles. The molecule has 4 heterocycles. The zero-order valence-electron chi connectivity index (χ0n) is 29.4. The Bertz CT molecular complexity index is 2260. The van der Waals surface area contributed by atoms with Crippen molar-refractivity contribution in [2.45, 2.75) is 38.5 Å². The molecule has 0 spiro atoms. The Hall–Kier alpha value is -6.41. The van der Waals surface area contributed by atoms with Crippen molar-refractivity contribution < 1.29 is 32.3 Å². The largest absolute Gasteiger partial charge is 0.457 e. The molecule has 4 amide bonds. The molecule has 2 unspecified atom stereocenters. The minimum Gasteiger partial charge on any atom is -0.457 e. The number of halogens is 4. The molecule has 0 aliphatic carbocycles. The van der Waals surface area contributed by atoms with Crippen molar-refractivity contribution in [2.24, 2.45) is 5.92 Å². The number of likely N-dealkylation sites (tertiary alicyclic amines) is 1. The quantitative estimate of drug-likeness (QED) is 0.116. The summed E-state index contributed by atoms with van der Waals surface area (Å²) in [6, 6.07) is 15.2. The summed E-state index contributed by atoms with van der Waals surface area (Å²) >= 11 is 5.64. The first-order chi connectivity index (χ1) is 26.3. The molecule has 0 bridgehead atoms. The average molecular weight is 775 g/mol. The van der Waals surface area contributed by atoms with Gasteiger partial charge in [0.1, 0.15) is 35.1 Å². The predicted molar refractivity (Wildman–Crippen MR) is 198 cm³/mol. The lowest BCUT2D eigenvalue weighted by molar-refractivity contribution is -0.137. The van der Waals surface area contributed by atoms with Gasteiger partial charge in [-0.3, -0.25) is 14.6 Å². The lowest BCUT2D eigenvalue weighted by Gasteiger charge is -2.42. The van der Waals surface area contributed by atoms with E-state index in [1.165, 1.54) is 30.5 Å². The van der Waals surface area contributed by atoms with Gasteiger partial charge in [0, 0.05) is 50.0 Å². The number of nitrogens with zero attached hydrogens (tertiary/aromatic N) is 6. The minimum atomic E-state index is -4.68. The molecule has 6 rings (SSSR count). The van der Waals surface area contributed by atoms with Gasteiger partial charge in [-0.25, -0.2) is 14.8 Å². The normalized spacial score (nSPS) is 15.5. The van der Waals surface area contributed by atoms with E-state index in [4.69, 9.17) is 26.6 Å². The highest BCUT2D eigenvalue weighted by atomic mass is 35.5. The lowest BCUT2D eigenvalue weighted by Crippen LogP contribution is -2.52. The predicted octanol–water partition coefficient (Wildman–Crippen LogP) is 6.98. The Morgan fingerprint density at radius 3 is 2.55 bits per heavy atom. The van der Waals surface area contributed by atoms with E-state index >= 15 is 0 Å². The molecule has 1 fully saturated rings. The number of anilines is 3. The fourth-order valence-corrected chi connectivity index (χ4v) is 6.36. The van der Waals surface area contributed by atoms with Crippen LogP contribution in [0.4, 0.5) is 35.2 Å². The van der Waals surface area contributed by atoms with Crippen LogP contribution in [0, 0.1) is 17.2 Å². The van der Waals surface area contributed by atoms with Gasteiger partial charge in [0.15, 0.2) is 5.82 Å². The Morgan fingerprint density at radius 2 is 1.80 bits per heavy atom. The number of aromatic nitrogens is 4. The van der Waals surface area contributed by atoms with E-state index in [-0.39, 0.29) is 42.2 Å². The number of likely N-dealkylation sites (N-methyl/N-ethyl adjacent to an activating group) is 1.